The van der Waals surface area contributed by atoms with Crippen LogP contribution in [-0.2, 0) is 11.2 Å². The maximum Gasteiger partial charge on any atom is 0.226 e. The van der Waals surface area contributed by atoms with Crippen molar-refractivity contribution in [3.05, 3.63) is 34.9 Å². The van der Waals surface area contributed by atoms with Crippen molar-refractivity contribution in [3.8, 4) is 0 Å². The molecule has 2 N–H and O–H groups in total. The van der Waals surface area contributed by atoms with Gasteiger partial charge in [0.05, 0.1) is 6.10 Å². The van der Waals surface area contributed by atoms with Crippen LogP contribution in [0, 0.1) is 11.3 Å². The van der Waals surface area contributed by atoms with Gasteiger partial charge in [-0.15, -0.1) is 0 Å². The van der Waals surface area contributed by atoms with E-state index in [1.165, 1.54) is 0 Å². The smallest absolute Gasteiger partial charge is 0.226 e. The maximum atomic E-state index is 12.3. The normalized spacial score (nSPS) is 14.6. The van der Waals surface area contributed by atoms with Gasteiger partial charge < -0.3 is 10.4 Å². The third-order valence-electron chi connectivity index (χ3n) is 3.50. The summed E-state index contributed by atoms with van der Waals surface area (Å²) in [6, 6.07) is 7.61. The Bertz CT molecular complexity index is 472. The molecule has 1 aromatic carbocycles. The predicted octanol–water partition coefficient (Wildman–Crippen LogP) is 3.43. The van der Waals surface area contributed by atoms with Crippen LogP contribution in [0.3, 0.4) is 0 Å². The van der Waals surface area contributed by atoms with E-state index in [0.29, 0.717) is 24.4 Å². The number of hydrogen-bond acceptors (Lipinski definition) is 2. The van der Waals surface area contributed by atoms with E-state index in [0.717, 1.165) is 5.56 Å². The van der Waals surface area contributed by atoms with Gasteiger partial charge in [0.1, 0.15) is 0 Å². The first kappa shape index (κ1) is 18.0. The molecule has 2 atom stereocenters. The van der Waals surface area contributed by atoms with Crippen LogP contribution in [0.1, 0.15) is 39.7 Å². The van der Waals surface area contributed by atoms with Gasteiger partial charge in [-0.25, -0.2) is 0 Å². The highest BCUT2D eigenvalue weighted by molar-refractivity contribution is 6.30. The molecule has 1 rings (SSSR count). The summed E-state index contributed by atoms with van der Waals surface area (Å²) in [5.74, 6) is 0.288. The third-order valence-corrected chi connectivity index (χ3v) is 3.74. The molecule has 0 aliphatic carbocycles. The number of rotatable bonds is 7. The summed E-state index contributed by atoms with van der Waals surface area (Å²) in [6.07, 6.45) is 0.996. The summed E-state index contributed by atoms with van der Waals surface area (Å²) in [7, 11) is 0. The molecular weight excluding hydrogens is 286 g/mol. The van der Waals surface area contributed by atoms with Crippen LogP contribution in [0.5, 0.6) is 0 Å². The first-order valence-corrected chi connectivity index (χ1v) is 7.79. The monoisotopic (exact) mass is 311 g/mol. The molecule has 0 aliphatic heterocycles. The SMILES string of the molecule is C[C@@H](CNC(=O)C(C)(C)Cc1cccc(Cl)c1)C[C@H](C)O. The van der Waals surface area contributed by atoms with E-state index >= 15 is 0 Å². The van der Waals surface area contributed by atoms with Crippen molar-refractivity contribution >= 4 is 17.5 Å². The molecule has 0 spiro atoms. The van der Waals surface area contributed by atoms with E-state index in [1.54, 1.807) is 6.92 Å². The zero-order valence-electron chi connectivity index (χ0n) is 13.3. The largest absolute Gasteiger partial charge is 0.393 e. The first-order chi connectivity index (χ1) is 9.70. The highest BCUT2D eigenvalue weighted by Crippen LogP contribution is 2.24. The van der Waals surface area contributed by atoms with E-state index in [2.05, 4.69) is 5.32 Å². The Morgan fingerprint density at radius 1 is 1.38 bits per heavy atom. The summed E-state index contributed by atoms with van der Waals surface area (Å²) < 4.78 is 0. The number of amides is 1. The second kappa shape index (κ2) is 7.81. The molecule has 21 heavy (non-hydrogen) atoms. The van der Waals surface area contributed by atoms with Gasteiger partial charge in [0.25, 0.3) is 0 Å². The second-order valence-electron chi connectivity index (χ2n) is 6.59. The highest BCUT2D eigenvalue weighted by Gasteiger charge is 2.28. The fraction of sp³-hybridized carbons (Fsp3) is 0.588. The Kier molecular flexibility index (Phi) is 6.69. The van der Waals surface area contributed by atoms with E-state index in [1.807, 2.05) is 45.0 Å². The van der Waals surface area contributed by atoms with Crippen molar-refractivity contribution in [2.45, 2.75) is 46.6 Å². The quantitative estimate of drug-likeness (QED) is 0.810. The lowest BCUT2D eigenvalue weighted by Gasteiger charge is -2.25. The number of aliphatic hydroxyl groups excluding tert-OH is 1. The lowest BCUT2D eigenvalue weighted by molar-refractivity contribution is -0.129. The van der Waals surface area contributed by atoms with E-state index in [4.69, 9.17) is 11.6 Å². The number of benzene rings is 1. The van der Waals surface area contributed by atoms with Crippen molar-refractivity contribution in [2.24, 2.45) is 11.3 Å². The number of aliphatic hydroxyl groups is 1. The van der Waals surface area contributed by atoms with Crippen LogP contribution in [0.15, 0.2) is 24.3 Å². The summed E-state index contributed by atoms with van der Waals surface area (Å²) >= 11 is 5.98. The molecular formula is C17H26ClNO2. The molecule has 4 heteroatoms. The van der Waals surface area contributed by atoms with E-state index in [-0.39, 0.29) is 17.9 Å². The van der Waals surface area contributed by atoms with Crippen molar-refractivity contribution < 1.29 is 9.90 Å². The highest BCUT2D eigenvalue weighted by atomic mass is 35.5. The number of carbonyl (C=O) groups is 1. The van der Waals surface area contributed by atoms with Crippen LogP contribution in [0.2, 0.25) is 5.02 Å². The zero-order chi connectivity index (χ0) is 16.0. The molecule has 0 bridgehead atoms. The number of hydrogen-bond donors (Lipinski definition) is 2. The second-order valence-corrected chi connectivity index (χ2v) is 7.03. The average molecular weight is 312 g/mol. The average Bonchev–Trinajstić information content (AvgIpc) is 2.34. The summed E-state index contributed by atoms with van der Waals surface area (Å²) in [6.45, 7) is 8.24. The number of halogens is 1. The minimum Gasteiger partial charge on any atom is -0.393 e. The van der Waals surface area contributed by atoms with E-state index in [9.17, 15) is 9.90 Å². The van der Waals surface area contributed by atoms with E-state index < -0.39 is 5.41 Å². The van der Waals surface area contributed by atoms with Crippen LogP contribution in [0.4, 0.5) is 0 Å². The van der Waals surface area contributed by atoms with Crippen molar-refractivity contribution in [1.29, 1.82) is 0 Å². The Labute approximate surface area is 132 Å². The van der Waals surface area contributed by atoms with Crippen LogP contribution in [-0.4, -0.2) is 23.7 Å². The van der Waals surface area contributed by atoms with Crippen molar-refractivity contribution in [3.63, 3.8) is 0 Å². The first-order valence-electron chi connectivity index (χ1n) is 7.41. The van der Waals surface area contributed by atoms with Crippen LogP contribution >= 0.6 is 11.6 Å². The molecule has 0 radical (unpaired) electrons. The fourth-order valence-electron chi connectivity index (χ4n) is 2.41. The van der Waals surface area contributed by atoms with Crippen LogP contribution < -0.4 is 5.32 Å². The molecule has 0 saturated heterocycles. The van der Waals surface area contributed by atoms with Gasteiger partial charge in [0, 0.05) is 17.0 Å². The lowest BCUT2D eigenvalue weighted by Crippen LogP contribution is -2.40. The molecule has 0 heterocycles. The summed E-state index contributed by atoms with van der Waals surface area (Å²) in [4.78, 5) is 12.3. The standard InChI is InChI=1S/C17H26ClNO2/c1-12(8-13(2)20)11-19-16(21)17(3,4)10-14-6-5-7-15(18)9-14/h5-7,9,12-13,20H,8,10-11H2,1-4H3,(H,19,21)/t12-,13+/m1/s1. The molecule has 0 unspecified atom stereocenters. The molecule has 0 aromatic heterocycles. The number of nitrogens with one attached hydrogen (secondary N) is 1. The minimum absolute atomic E-state index is 0.0277. The Balaban J connectivity index is 2.55. The topological polar surface area (TPSA) is 49.3 Å². The Morgan fingerprint density at radius 3 is 2.62 bits per heavy atom. The molecule has 0 saturated carbocycles. The van der Waals surface area contributed by atoms with Gasteiger partial charge in [-0.05, 0) is 43.4 Å². The predicted molar refractivity (Wildman–Crippen MR) is 87.4 cm³/mol. The zero-order valence-corrected chi connectivity index (χ0v) is 14.1. The Morgan fingerprint density at radius 2 is 2.05 bits per heavy atom. The maximum absolute atomic E-state index is 12.3. The van der Waals surface area contributed by atoms with Gasteiger partial charge in [0.2, 0.25) is 5.91 Å². The fourth-order valence-corrected chi connectivity index (χ4v) is 2.62. The van der Waals surface area contributed by atoms with Gasteiger partial charge >= 0.3 is 0 Å². The molecule has 1 amide bonds. The lowest BCUT2D eigenvalue weighted by atomic mass is 9.84. The summed E-state index contributed by atoms with van der Waals surface area (Å²) in [5.41, 5.74) is 0.564. The molecule has 0 aliphatic rings. The molecule has 3 nitrogen and oxygen atoms in total. The van der Waals surface area contributed by atoms with Crippen LogP contribution in [0.25, 0.3) is 0 Å². The summed E-state index contributed by atoms with van der Waals surface area (Å²) in [5, 5.41) is 13.0. The third kappa shape index (κ3) is 6.49. The number of carbonyl (C=O) groups excluding carboxylic acids is 1. The van der Waals surface area contributed by atoms with Gasteiger partial charge in [-0.3, -0.25) is 4.79 Å². The molecule has 118 valence electrons. The van der Waals surface area contributed by atoms with Gasteiger partial charge in [0.15, 0.2) is 0 Å². The van der Waals surface area contributed by atoms with Gasteiger partial charge in [-0.1, -0.05) is 44.5 Å². The van der Waals surface area contributed by atoms with Crippen molar-refractivity contribution in [2.75, 3.05) is 6.54 Å². The minimum atomic E-state index is -0.491. The Hall–Kier alpha value is -1.06. The molecule has 0 fully saturated rings. The van der Waals surface area contributed by atoms with Gasteiger partial charge in [-0.2, -0.15) is 0 Å². The molecule has 1 aromatic rings. The van der Waals surface area contributed by atoms with Crippen molar-refractivity contribution in [1.82, 2.24) is 5.32 Å².